The van der Waals surface area contributed by atoms with E-state index in [0.717, 1.165) is 13.0 Å². The number of rotatable bonds is 21. The van der Waals surface area contributed by atoms with E-state index in [4.69, 9.17) is 9.84 Å². The Morgan fingerprint density at radius 1 is 0.786 bits per heavy atom. The molecule has 4 nitrogen and oxygen atoms in total. The first-order chi connectivity index (χ1) is 13.4. The Bertz CT molecular complexity index is 358. The van der Waals surface area contributed by atoms with Crippen LogP contribution < -0.4 is 0 Å². The second kappa shape index (κ2) is 18.4. The fraction of sp³-hybridized carbons (Fsp3) is 0.958. The van der Waals surface area contributed by atoms with Crippen molar-refractivity contribution in [3.8, 4) is 0 Å². The molecular weight excluding hydrogens is 350 g/mol. The van der Waals surface area contributed by atoms with Crippen molar-refractivity contribution < 1.29 is 19.1 Å². The number of carboxylic acids is 1. The van der Waals surface area contributed by atoms with E-state index in [1.54, 1.807) is 0 Å². The zero-order chi connectivity index (χ0) is 21.1. The van der Waals surface area contributed by atoms with Crippen LogP contribution in [0.2, 0.25) is 0 Å². The number of carbonyl (C=O) groups is 1. The number of carboxylic acid groups (broad SMARTS) is 1. The molecule has 1 unspecified atom stereocenters. The van der Waals surface area contributed by atoms with E-state index >= 15 is 0 Å². The molecule has 168 valence electrons. The normalized spacial score (nSPS) is 13.0. The third kappa shape index (κ3) is 18.7. The van der Waals surface area contributed by atoms with E-state index < -0.39 is 5.97 Å². The molecule has 0 saturated heterocycles. The molecule has 0 saturated carbocycles. The highest BCUT2D eigenvalue weighted by Crippen LogP contribution is 2.15. The third-order valence-electron chi connectivity index (χ3n) is 5.54. The average molecular weight is 401 g/mol. The first-order valence-electron chi connectivity index (χ1n) is 12.1. The van der Waals surface area contributed by atoms with E-state index in [1.807, 2.05) is 21.0 Å². The second-order valence-electron chi connectivity index (χ2n) is 9.13. The molecule has 0 amide bonds. The molecule has 4 heteroatoms. The summed E-state index contributed by atoms with van der Waals surface area (Å²) >= 11 is 0. The Morgan fingerprint density at radius 2 is 1.21 bits per heavy atom. The maximum atomic E-state index is 11.0. The van der Waals surface area contributed by atoms with Crippen LogP contribution in [0.3, 0.4) is 0 Å². The van der Waals surface area contributed by atoms with Gasteiger partial charge in [-0.2, -0.15) is 0 Å². The van der Waals surface area contributed by atoms with Gasteiger partial charge in [-0.15, -0.1) is 0 Å². The van der Waals surface area contributed by atoms with Crippen molar-refractivity contribution in [3.05, 3.63) is 0 Å². The molecule has 0 aromatic heterocycles. The van der Waals surface area contributed by atoms with Gasteiger partial charge < -0.3 is 14.3 Å². The molecule has 0 aromatic rings. The largest absolute Gasteiger partial charge is 0.477 e. The highest BCUT2D eigenvalue weighted by Gasteiger charge is 2.24. The van der Waals surface area contributed by atoms with Crippen LogP contribution in [0.1, 0.15) is 110 Å². The van der Waals surface area contributed by atoms with Crippen LogP contribution in [-0.4, -0.2) is 55.5 Å². The van der Waals surface area contributed by atoms with Gasteiger partial charge in [0.25, 0.3) is 0 Å². The van der Waals surface area contributed by atoms with Gasteiger partial charge in [-0.3, -0.25) is 0 Å². The zero-order valence-corrected chi connectivity index (χ0v) is 19.5. The van der Waals surface area contributed by atoms with Crippen LogP contribution in [0.15, 0.2) is 0 Å². The summed E-state index contributed by atoms with van der Waals surface area (Å²) < 4.78 is 6.35. The number of unbranched alkanes of at least 4 members (excludes halogenated alkanes) is 13. The molecule has 0 bridgehead atoms. The number of nitrogens with zero attached hydrogens (tertiary/aromatic N) is 1. The molecule has 0 spiro atoms. The van der Waals surface area contributed by atoms with Crippen molar-refractivity contribution in [1.29, 1.82) is 0 Å². The van der Waals surface area contributed by atoms with Gasteiger partial charge in [0.15, 0.2) is 6.54 Å². The number of hydrogen-bond donors (Lipinski definition) is 1. The first kappa shape index (κ1) is 27.4. The summed E-state index contributed by atoms with van der Waals surface area (Å²) in [6, 6.07) is 0. The molecule has 0 rings (SSSR count). The van der Waals surface area contributed by atoms with E-state index in [1.165, 1.54) is 89.9 Å². The molecule has 0 aliphatic heterocycles. The maximum Gasteiger partial charge on any atom is 0.359 e. The summed E-state index contributed by atoms with van der Waals surface area (Å²) in [5, 5.41) is 9.04. The standard InChI is InChI=1S/C24H49NO3/c1-5-7-8-9-10-11-12-13-14-15-16-17-18-19-20-23(28-6-2)21-25(3,4)22-24(26)27/h23H,5-22H2,1-4H3/p+1. The van der Waals surface area contributed by atoms with Crippen molar-refractivity contribution in [2.24, 2.45) is 0 Å². The van der Waals surface area contributed by atoms with E-state index in [-0.39, 0.29) is 12.6 Å². The van der Waals surface area contributed by atoms with Crippen molar-refractivity contribution >= 4 is 5.97 Å². The Morgan fingerprint density at radius 3 is 1.61 bits per heavy atom. The van der Waals surface area contributed by atoms with Gasteiger partial charge >= 0.3 is 5.97 Å². The number of quaternary nitrogens is 1. The van der Waals surface area contributed by atoms with Crippen LogP contribution in [-0.2, 0) is 9.53 Å². The molecular formula is C24H50NO3+. The molecule has 0 aliphatic carbocycles. The highest BCUT2D eigenvalue weighted by molar-refractivity contribution is 5.67. The lowest BCUT2D eigenvalue weighted by Crippen LogP contribution is -2.49. The molecule has 0 heterocycles. The van der Waals surface area contributed by atoms with Gasteiger partial charge in [0.05, 0.1) is 14.1 Å². The number of aliphatic carboxylic acids is 1. The smallest absolute Gasteiger partial charge is 0.359 e. The number of hydrogen-bond acceptors (Lipinski definition) is 2. The summed E-state index contributed by atoms with van der Waals surface area (Å²) in [6.07, 6.45) is 20.5. The average Bonchev–Trinajstić information content (AvgIpc) is 2.60. The highest BCUT2D eigenvalue weighted by atomic mass is 16.5. The van der Waals surface area contributed by atoms with E-state index in [0.29, 0.717) is 11.1 Å². The molecule has 1 atom stereocenters. The summed E-state index contributed by atoms with van der Waals surface area (Å²) in [7, 11) is 3.96. The quantitative estimate of drug-likeness (QED) is 0.178. The summed E-state index contributed by atoms with van der Waals surface area (Å²) in [5.41, 5.74) is 0. The minimum absolute atomic E-state index is 0.155. The Balaban J connectivity index is 3.59. The molecule has 0 radical (unpaired) electrons. The molecule has 28 heavy (non-hydrogen) atoms. The Labute approximate surface area is 175 Å². The summed E-state index contributed by atoms with van der Waals surface area (Å²) in [6.45, 7) is 5.94. The van der Waals surface area contributed by atoms with Gasteiger partial charge in [-0.05, 0) is 13.3 Å². The van der Waals surface area contributed by atoms with Gasteiger partial charge in [-0.25, -0.2) is 4.79 Å². The van der Waals surface area contributed by atoms with Crippen LogP contribution in [0.5, 0.6) is 0 Å². The Kier molecular flexibility index (Phi) is 18.0. The molecule has 0 aliphatic rings. The number of ether oxygens (including phenoxy) is 1. The van der Waals surface area contributed by atoms with Crippen molar-refractivity contribution in [1.82, 2.24) is 0 Å². The van der Waals surface area contributed by atoms with E-state index in [2.05, 4.69) is 6.92 Å². The second-order valence-corrected chi connectivity index (χ2v) is 9.13. The lowest BCUT2D eigenvalue weighted by atomic mass is 10.0. The van der Waals surface area contributed by atoms with Gasteiger partial charge in [-0.1, -0.05) is 96.8 Å². The lowest BCUT2D eigenvalue weighted by molar-refractivity contribution is -0.886. The van der Waals surface area contributed by atoms with Crippen molar-refractivity contribution in [2.45, 2.75) is 116 Å². The van der Waals surface area contributed by atoms with Gasteiger partial charge in [0.2, 0.25) is 0 Å². The van der Waals surface area contributed by atoms with Crippen molar-refractivity contribution in [2.75, 3.05) is 33.8 Å². The number of likely N-dealkylation sites (N-methyl/N-ethyl adjacent to an activating group) is 1. The fourth-order valence-electron chi connectivity index (χ4n) is 4.01. The predicted molar refractivity (Wildman–Crippen MR) is 120 cm³/mol. The van der Waals surface area contributed by atoms with Gasteiger partial charge in [0, 0.05) is 6.61 Å². The topological polar surface area (TPSA) is 46.5 Å². The van der Waals surface area contributed by atoms with Gasteiger partial charge in [0.1, 0.15) is 12.6 Å². The summed E-state index contributed by atoms with van der Waals surface area (Å²) in [4.78, 5) is 11.0. The fourth-order valence-corrected chi connectivity index (χ4v) is 4.01. The minimum Gasteiger partial charge on any atom is -0.477 e. The first-order valence-corrected chi connectivity index (χ1v) is 12.1. The molecule has 0 aromatic carbocycles. The monoisotopic (exact) mass is 400 g/mol. The van der Waals surface area contributed by atoms with Crippen LogP contribution in [0.25, 0.3) is 0 Å². The maximum absolute atomic E-state index is 11.0. The van der Waals surface area contributed by atoms with E-state index in [9.17, 15) is 4.79 Å². The molecule has 0 fully saturated rings. The Hall–Kier alpha value is -0.610. The zero-order valence-electron chi connectivity index (χ0n) is 19.5. The van der Waals surface area contributed by atoms with Crippen LogP contribution >= 0.6 is 0 Å². The summed E-state index contributed by atoms with van der Waals surface area (Å²) in [5.74, 6) is -0.739. The predicted octanol–water partition coefficient (Wildman–Crippen LogP) is 6.42. The molecule has 1 N–H and O–H groups in total. The van der Waals surface area contributed by atoms with Crippen LogP contribution in [0.4, 0.5) is 0 Å². The SMILES string of the molecule is CCCCCCCCCCCCCCCCC(C[N+](C)(C)CC(=O)O)OCC. The minimum atomic E-state index is -0.739. The van der Waals surface area contributed by atoms with Crippen LogP contribution in [0, 0.1) is 0 Å². The lowest BCUT2D eigenvalue weighted by Gasteiger charge is -2.31. The third-order valence-corrected chi connectivity index (χ3v) is 5.54. The van der Waals surface area contributed by atoms with Crippen molar-refractivity contribution in [3.63, 3.8) is 0 Å².